The molecule has 13 heavy (non-hydrogen) atoms. The molecule has 0 bridgehead atoms. The van der Waals surface area contributed by atoms with Gasteiger partial charge in [-0.3, -0.25) is 0 Å². The molecule has 0 unspecified atom stereocenters. The maximum absolute atomic E-state index is 10.5. The number of methoxy groups -OCH3 is 2. The van der Waals surface area contributed by atoms with Crippen LogP contribution in [0.15, 0.2) is 24.7 Å². The summed E-state index contributed by atoms with van der Waals surface area (Å²) < 4.78 is 13.2. The third-order valence-corrected chi connectivity index (χ3v) is 0.968. The van der Waals surface area contributed by atoms with Gasteiger partial charge < -0.3 is 14.2 Å². The Bertz CT molecular complexity index is 205. The minimum Gasteiger partial charge on any atom is -0.472 e. The highest BCUT2D eigenvalue weighted by atomic mass is 16.5. The molecule has 0 spiro atoms. The van der Waals surface area contributed by atoms with Crippen molar-refractivity contribution in [2.24, 2.45) is 0 Å². The van der Waals surface area contributed by atoms with E-state index in [1.54, 1.807) is 0 Å². The average Bonchev–Trinajstić information content (AvgIpc) is 2.16. The molecule has 0 N–H and O–H groups in total. The SMILES string of the molecule is COC(=O)C=COC=CC(=O)OC. The van der Waals surface area contributed by atoms with Crippen LogP contribution in [0.25, 0.3) is 0 Å². The van der Waals surface area contributed by atoms with Crippen LogP contribution >= 0.6 is 0 Å². The van der Waals surface area contributed by atoms with Crippen molar-refractivity contribution in [3.8, 4) is 0 Å². The molecular weight excluding hydrogens is 176 g/mol. The Morgan fingerprint density at radius 2 is 1.31 bits per heavy atom. The van der Waals surface area contributed by atoms with Crippen molar-refractivity contribution in [3.63, 3.8) is 0 Å². The summed E-state index contributed by atoms with van der Waals surface area (Å²) in [4.78, 5) is 20.9. The number of carbonyl (C=O) groups is 2. The maximum atomic E-state index is 10.5. The lowest BCUT2D eigenvalue weighted by atomic mass is 10.6. The Morgan fingerprint density at radius 3 is 1.62 bits per heavy atom. The van der Waals surface area contributed by atoms with E-state index in [0.717, 1.165) is 24.7 Å². The summed E-state index contributed by atoms with van der Waals surface area (Å²) in [6.45, 7) is 0. The second-order valence-electron chi connectivity index (χ2n) is 1.79. The molecule has 0 aliphatic carbocycles. The third-order valence-electron chi connectivity index (χ3n) is 0.968. The molecule has 0 aromatic carbocycles. The van der Waals surface area contributed by atoms with Crippen LogP contribution in [-0.2, 0) is 23.8 Å². The molecule has 5 heteroatoms. The van der Waals surface area contributed by atoms with E-state index in [4.69, 9.17) is 0 Å². The molecular formula is C8H10O5. The number of esters is 2. The average molecular weight is 186 g/mol. The van der Waals surface area contributed by atoms with Crippen molar-refractivity contribution in [2.45, 2.75) is 0 Å². The van der Waals surface area contributed by atoms with Gasteiger partial charge in [0.2, 0.25) is 0 Å². The quantitative estimate of drug-likeness (QED) is 0.360. The van der Waals surface area contributed by atoms with E-state index >= 15 is 0 Å². The minimum atomic E-state index is -0.536. The van der Waals surface area contributed by atoms with Crippen LogP contribution in [0.3, 0.4) is 0 Å². The van der Waals surface area contributed by atoms with Crippen molar-refractivity contribution in [2.75, 3.05) is 14.2 Å². The fourth-order valence-electron chi connectivity index (χ4n) is 0.371. The van der Waals surface area contributed by atoms with Crippen molar-refractivity contribution >= 4 is 11.9 Å². The predicted octanol–water partition coefficient (Wildman–Crippen LogP) is 0.376. The highest BCUT2D eigenvalue weighted by Gasteiger charge is 1.90. The zero-order valence-corrected chi connectivity index (χ0v) is 7.35. The number of rotatable bonds is 4. The van der Waals surface area contributed by atoms with Crippen molar-refractivity contribution in [1.29, 1.82) is 0 Å². The first-order valence-electron chi connectivity index (χ1n) is 3.35. The van der Waals surface area contributed by atoms with E-state index < -0.39 is 11.9 Å². The second kappa shape index (κ2) is 6.90. The van der Waals surface area contributed by atoms with Gasteiger partial charge in [0.25, 0.3) is 0 Å². The molecule has 0 aromatic heterocycles. The molecule has 0 atom stereocenters. The molecule has 0 amide bonds. The van der Waals surface area contributed by atoms with E-state index in [0.29, 0.717) is 0 Å². The van der Waals surface area contributed by atoms with Gasteiger partial charge in [0.05, 0.1) is 38.9 Å². The molecule has 5 nitrogen and oxygen atoms in total. The van der Waals surface area contributed by atoms with Crippen LogP contribution in [0.1, 0.15) is 0 Å². The van der Waals surface area contributed by atoms with Gasteiger partial charge in [0.1, 0.15) is 0 Å². The molecule has 0 aromatic rings. The topological polar surface area (TPSA) is 61.8 Å². The Morgan fingerprint density at radius 1 is 0.923 bits per heavy atom. The lowest BCUT2D eigenvalue weighted by Gasteiger charge is -1.91. The summed E-state index contributed by atoms with van der Waals surface area (Å²) in [5.41, 5.74) is 0. The fourth-order valence-corrected chi connectivity index (χ4v) is 0.371. The van der Waals surface area contributed by atoms with Crippen LogP contribution < -0.4 is 0 Å². The van der Waals surface area contributed by atoms with Gasteiger partial charge in [-0.15, -0.1) is 0 Å². The molecule has 0 saturated heterocycles. The first-order valence-corrected chi connectivity index (χ1v) is 3.35. The smallest absolute Gasteiger partial charge is 0.333 e. The van der Waals surface area contributed by atoms with Gasteiger partial charge in [-0.25, -0.2) is 9.59 Å². The zero-order valence-electron chi connectivity index (χ0n) is 7.35. The Balaban J connectivity index is 3.66. The lowest BCUT2D eigenvalue weighted by Crippen LogP contribution is -1.94. The number of carbonyl (C=O) groups excluding carboxylic acids is 2. The highest BCUT2D eigenvalue weighted by Crippen LogP contribution is 1.84. The second-order valence-corrected chi connectivity index (χ2v) is 1.79. The lowest BCUT2D eigenvalue weighted by molar-refractivity contribution is -0.135. The van der Waals surface area contributed by atoms with Gasteiger partial charge in [-0.05, 0) is 0 Å². The Labute approximate surface area is 75.6 Å². The van der Waals surface area contributed by atoms with Gasteiger partial charge in [0.15, 0.2) is 0 Å². The molecule has 72 valence electrons. The normalized spacial score (nSPS) is 10.3. The summed E-state index contributed by atoms with van der Waals surface area (Å²) in [7, 11) is 2.49. The van der Waals surface area contributed by atoms with Crippen LogP contribution in [0, 0.1) is 0 Å². The zero-order chi connectivity index (χ0) is 10.1. The van der Waals surface area contributed by atoms with Crippen molar-refractivity contribution in [1.82, 2.24) is 0 Å². The van der Waals surface area contributed by atoms with Crippen molar-refractivity contribution < 1.29 is 23.8 Å². The first-order chi connectivity index (χ1) is 6.20. The van der Waals surface area contributed by atoms with Gasteiger partial charge in [-0.2, -0.15) is 0 Å². The monoisotopic (exact) mass is 186 g/mol. The summed E-state index contributed by atoms with van der Waals surface area (Å²) in [5, 5.41) is 0. The van der Waals surface area contributed by atoms with Gasteiger partial charge in [-0.1, -0.05) is 0 Å². The Hall–Kier alpha value is -1.78. The van der Waals surface area contributed by atoms with Gasteiger partial charge in [0, 0.05) is 0 Å². The van der Waals surface area contributed by atoms with Crippen molar-refractivity contribution in [3.05, 3.63) is 24.7 Å². The minimum absolute atomic E-state index is 0.536. The molecule has 0 aliphatic rings. The first kappa shape index (κ1) is 11.2. The summed E-state index contributed by atoms with van der Waals surface area (Å²) in [5.74, 6) is -1.07. The van der Waals surface area contributed by atoms with Crippen LogP contribution in [-0.4, -0.2) is 26.2 Å². The summed E-state index contributed by atoms with van der Waals surface area (Å²) in [6.07, 6.45) is 4.32. The predicted molar refractivity (Wildman–Crippen MR) is 43.4 cm³/mol. The molecule has 0 radical (unpaired) electrons. The molecule has 0 aliphatic heterocycles. The maximum Gasteiger partial charge on any atom is 0.333 e. The van der Waals surface area contributed by atoms with E-state index in [1.165, 1.54) is 14.2 Å². The summed E-state index contributed by atoms with van der Waals surface area (Å²) >= 11 is 0. The molecule has 0 rings (SSSR count). The molecule has 0 fully saturated rings. The molecule has 0 saturated carbocycles. The molecule has 0 heterocycles. The summed E-state index contributed by atoms with van der Waals surface area (Å²) in [6, 6.07) is 0. The van der Waals surface area contributed by atoms with E-state index in [2.05, 4.69) is 14.2 Å². The van der Waals surface area contributed by atoms with Gasteiger partial charge >= 0.3 is 11.9 Å². The van der Waals surface area contributed by atoms with E-state index in [1.807, 2.05) is 0 Å². The Kier molecular flexibility index (Phi) is 5.96. The number of ether oxygens (including phenoxy) is 3. The highest BCUT2D eigenvalue weighted by molar-refractivity contribution is 5.82. The number of hydrogen-bond donors (Lipinski definition) is 0. The standard InChI is InChI=1S/C8H10O5/c1-11-7(9)3-5-13-6-4-8(10)12-2/h3-6H,1-2H3. The van der Waals surface area contributed by atoms with Crippen LogP contribution in [0.5, 0.6) is 0 Å². The third kappa shape index (κ3) is 6.61. The van der Waals surface area contributed by atoms with E-state index in [-0.39, 0.29) is 0 Å². The number of hydrogen-bond acceptors (Lipinski definition) is 5. The van der Waals surface area contributed by atoms with Crippen LogP contribution in [0.2, 0.25) is 0 Å². The fraction of sp³-hybridized carbons (Fsp3) is 0.250. The largest absolute Gasteiger partial charge is 0.472 e. The van der Waals surface area contributed by atoms with Crippen LogP contribution in [0.4, 0.5) is 0 Å². The van der Waals surface area contributed by atoms with E-state index in [9.17, 15) is 9.59 Å².